The van der Waals surface area contributed by atoms with Gasteiger partial charge in [0.15, 0.2) is 0 Å². The number of nitrogens with one attached hydrogen (secondary N) is 1. The smallest absolute Gasteiger partial charge is 0.230 e. The number of rotatable bonds is 4. The molecule has 0 saturated carbocycles. The lowest BCUT2D eigenvalue weighted by Gasteiger charge is -2.23. The number of carbonyl (C=O) groups is 1. The molecular weight excluding hydrogens is 184 g/mol. The van der Waals surface area contributed by atoms with Crippen LogP contribution in [-0.4, -0.2) is 30.0 Å². The number of nitrogens with two attached hydrogens (primary N) is 1. The molecule has 3 nitrogen and oxygen atoms in total. The Hall–Kier alpha value is -0.220. The van der Waals surface area contributed by atoms with Gasteiger partial charge in [0.05, 0.1) is 5.25 Å². The molecule has 0 aliphatic carbocycles. The van der Waals surface area contributed by atoms with E-state index in [1.54, 1.807) is 11.8 Å². The van der Waals surface area contributed by atoms with Crippen LogP contribution in [0.15, 0.2) is 0 Å². The third-order valence-electron chi connectivity index (χ3n) is 2.38. The Morgan fingerprint density at radius 1 is 1.77 bits per heavy atom. The van der Waals surface area contributed by atoms with Crippen molar-refractivity contribution in [2.75, 3.05) is 18.8 Å². The first-order chi connectivity index (χ1) is 6.20. The maximum absolute atomic E-state index is 10.8. The number of carbonyl (C=O) groups excluding carboxylic acids is 1. The fraction of sp³-hybridized carbons (Fsp3) is 0.889. The number of piperidine rings is 1. The summed E-state index contributed by atoms with van der Waals surface area (Å²) in [6.07, 6.45) is 2.54. The molecule has 1 fully saturated rings. The van der Waals surface area contributed by atoms with Gasteiger partial charge in [0, 0.05) is 0 Å². The Morgan fingerprint density at radius 2 is 2.54 bits per heavy atom. The molecule has 1 aliphatic heterocycles. The molecule has 76 valence electrons. The largest absolute Gasteiger partial charge is 0.369 e. The summed E-state index contributed by atoms with van der Waals surface area (Å²) in [4.78, 5) is 10.8. The minimum atomic E-state index is -0.200. The van der Waals surface area contributed by atoms with Crippen LogP contribution in [0.1, 0.15) is 19.8 Å². The normalized spacial score (nSPS) is 25.5. The molecule has 1 rings (SSSR count). The third kappa shape index (κ3) is 4.00. The number of thioether (sulfide) groups is 1. The third-order valence-corrected chi connectivity index (χ3v) is 3.78. The molecule has 1 aliphatic rings. The monoisotopic (exact) mass is 202 g/mol. The van der Waals surface area contributed by atoms with E-state index >= 15 is 0 Å². The van der Waals surface area contributed by atoms with E-state index in [2.05, 4.69) is 5.32 Å². The van der Waals surface area contributed by atoms with E-state index in [1.807, 2.05) is 6.92 Å². The minimum absolute atomic E-state index is 0.0399. The first kappa shape index (κ1) is 10.9. The summed E-state index contributed by atoms with van der Waals surface area (Å²) in [7, 11) is 0. The zero-order valence-corrected chi connectivity index (χ0v) is 8.90. The van der Waals surface area contributed by atoms with Crippen LogP contribution in [0.4, 0.5) is 0 Å². The van der Waals surface area contributed by atoms with E-state index in [0.29, 0.717) is 0 Å². The van der Waals surface area contributed by atoms with Gasteiger partial charge in [-0.3, -0.25) is 4.79 Å². The van der Waals surface area contributed by atoms with E-state index in [9.17, 15) is 4.79 Å². The predicted octanol–water partition coefficient (Wildman–Crippen LogP) is 0.593. The maximum Gasteiger partial charge on any atom is 0.230 e. The Balaban J connectivity index is 2.13. The highest BCUT2D eigenvalue weighted by atomic mass is 32.2. The van der Waals surface area contributed by atoms with Gasteiger partial charge in [-0.25, -0.2) is 0 Å². The number of hydrogen-bond donors (Lipinski definition) is 2. The highest BCUT2D eigenvalue weighted by molar-refractivity contribution is 8.00. The molecule has 0 spiro atoms. The molecule has 1 saturated heterocycles. The van der Waals surface area contributed by atoms with Crippen molar-refractivity contribution < 1.29 is 4.79 Å². The van der Waals surface area contributed by atoms with Gasteiger partial charge < -0.3 is 11.1 Å². The van der Waals surface area contributed by atoms with Gasteiger partial charge in [0.1, 0.15) is 0 Å². The molecule has 2 atom stereocenters. The van der Waals surface area contributed by atoms with E-state index in [1.165, 1.54) is 12.8 Å². The van der Waals surface area contributed by atoms with Crippen molar-refractivity contribution in [1.29, 1.82) is 0 Å². The number of hydrogen-bond acceptors (Lipinski definition) is 3. The second kappa shape index (κ2) is 5.50. The van der Waals surface area contributed by atoms with Crippen LogP contribution in [0.25, 0.3) is 0 Å². The lowest BCUT2D eigenvalue weighted by atomic mass is 10.0. The van der Waals surface area contributed by atoms with Crippen molar-refractivity contribution in [2.24, 2.45) is 11.7 Å². The fourth-order valence-corrected chi connectivity index (χ4v) is 2.44. The molecule has 4 heteroatoms. The quantitative estimate of drug-likeness (QED) is 0.701. The Labute approximate surface area is 83.8 Å². The fourth-order valence-electron chi connectivity index (χ4n) is 1.43. The van der Waals surface area contributed by atoms with E-state index in [0.717, 1.165) is 24.8 Å². The van der Waals surface area contributed by atoms with Gasteiger partial charge in [-0.1, -0.05) is 0 Å². The van der Waals surface area contributed by atoms with Crippen LogP contribution < -0.4 is 11.1 Å². The van der Waals surface area contributed by atoms with Crippen LogP contribution in [-0.2, 0) is 4.79 Å². The number of primary amides is 1. The molecule has 13 heavy (non-hydrogen) atoms. The summed E-state index contributed by atoms with van der Waals surface area (Å²) in [6, 6.07) is 0. The highest BCUT2D eigenvalue weighted by Gasteiger charge is 2.16. The topological polar surface area (TPSA) is 55.1 Å². The first-order valence-electron chi connectivity index (χ1n) is 4.82. The molecule has 1 heterocycles. The van der Waals surface area contributed by atoms with Crippen molar-refractivity contribution in [3.05, 3.63) is 0 Å². The lowest BCUT2D eigenvalue weighted by Crippen LogP contribution is -2.32. The summed E-state index contributed by atoms with van der Waals surface area (Å²) in [5.41, 5.74) is 5.18. The van der Waals surface area contributed by atoms with E-state index < -0.39 is 0 Å². The average molecular weight is 202 g/mol. The van der Waals surface area contributed by atoms with Crippen LogP contribution in [0, 0.1) is 5.92 Å². The second-order valence-corrected chi connectivity index (χ2v) is 4.96. The maximum atomic E-state index is 10.8. The van der Waals surface area contributed by atoms with Crippen molar-refractivity contribution in [3.8, 4) is 0 Å². The predicted molar refractivity (Wildman–Crippen MR) is 56.7 cm³/mol. The van der Waals surface area contributed by atoms with Crippen molar-refractivity contribution in [2.45, 2.75) is 25.0 Å². The summed E-state index contributed by atoms with van der Waals surface area (Å²) in [5, 5.41) is 3.32. The molecule has 2 unspecified atom stereocenters. The van der Waals surface area contributed by atoms with Crippen LogP contribution in [0.2, 0.25) is 0 Å². The van der Waals surface area contributed by atoms with Crippen LogP contribution >= 0.6 is 11.8 Å². The SMILES string of the molecule is CC(SCC1CCCNC1)C(N)=O. The molecule has 0 bridgehead atoms. The van der Waals surface area contributed by atoms with Gasteiger partial charge in [0.25, 0.3) is 0 Å². The van der Waals surface area contributed by atoms with Gasteiger partial charge in [0.2, 0.25) is 5.91 Å². The summed E-state index contributed by atoms with van der Waals surface area (Å²) < 4.78 is 0. The molecule has 0 aromatic carbocycles. The zero-order chi connectivity index (χ0) is 9.68. The van der Waals surface area contributed by atoms with Gasteiger partial charge >= 0.3 is 0 Å². The molecule has 0 aromatic rings. The first-order valence-corrected chi connectivity index (χ1v) is 5.86. The minimum Gasteiger partial charge on any atom is -0.369 e. The van der Waals surface area contributed by atoms with E-state index in [-0.39, 0.29) is 11.2 Å². The van der Waals surface area contributed by atoms with Gasteiger partial charge in [-0.2, -0.15) is 0 Å². The molecule has 0 aromatic heterocycles. The van der Waals surface area contributed by atoms with Crippen LogP contribution in [0.5, 0.6) is 0 Å². The zero-order valence-electron chi connectivity index (χ0n) is 8.08. The summed E-state index contributed by atoms with van der Waals surface area (Å²) in [6.45, 7) is 4.12. The second-order valence-electron chi connectivity index (χ2n) is 3.59. The van der Waals surface area contributed by atoms with Crippen LogP contribution in [0.3, 0.4) is 0 Å². The molecule has 0 radical (unpaired) electrons. The Bertz CT molecular complexity index is 169. The average Bonchev–Trinajstić information content (AvgIpc) is 2.15. The van der Waals surface area contributed by atoms with Gasteiger partial charge in [-0.05, 0) is 44.5 Å². The molecular formula is C9H18N2OS. The van der Waals surface area contributed by atoms with Crippen molar-refractivity contribution >= 4 is 17.7 Å². The van der Waals surface area contributed by atoms with Crippen molar-refractivity contribution in [1.82, 2.24) is 5.32 Å². The summed E-state index contributed by atoms with van der Waals surface area (Å²) in [5.74, 6) is 1.58. The highest BCUT2D eigenvalue weighted by Crippen LogP contribution is 2.19. The van der Waals surface area contributed by atoms with Gasteiger partial charge in [-0.15, -0.1) is 11.8 Å². The number of amides is 1. The van der Waals surface area contributed by atoms with E-state index in [4.69, 9.17) is 5.73 Å². The Morgan fingerprint density at radius 3 is 3.08 bits per heavy atom. The lowest BCUT2D eigenvalue weighted by molar-refractivity contribution is -0.117. The van der Waals surface area contributed by atoms with Crippen molar-refractivity contribution in [3.63, 3.8) is 0 Å². The molecule has 1 amide bonds. The standard InChI is InChI=1S/C9H18N2OS/c1-7(9(10)12)13-6-8-3-2-4-11-5-8/h7-8,11H,2-6H2,1H3,(H2,10,12). The molecule has 3 N–H and O–H groups in total. The Kier molecular flexibility index (Phi) is 4.59. The summed E-state index contributed by atoms with van der Waals surface area (Å²) >= 11 is 1.68.